The van der Waals surface area contributed by atoms with Crippen molar-refractivity contribution < 1.29 is 14.3 Å². The van der Waals surface area contributed by atoms with Crippen LogP contribution in [0.5, 0.6) is 0 Å². The molecule has 0 aromatic rings. The molecule has 4 nitrogen and oxygen atoms in total. The molecule has 0 aliphatic carbocycles. The van der Waals surface area contributed by atoms with Crippen molar-refractivity contribution >= 4 is 11.9 Å². The van der Waals surface area contributed by atoms with Gasteiger partial charge >= 0.3 is 5.97 Å². The van der Waals surface area contributed by atoms with Crippen molar-refractivity contribution in [3.63, 3.8) is 0 Å². The van der Waals surface area contributed by atoms with Crippen molar-refractivity contribution in [1.82, 2.24) is 5.32 Å². The minimum absolute atomic E-state index is 0.127. The number of hydrogen-bond acceptors (Lipinski definition) is 3. The van der Waals surface area contributed by atoms with Gasteiger partial charge in [0.05, 0.1) is 6.61 Å². The minimum Gasteiger partial charge on any atom is -0.466 e. The quantitative estimate of drug-likeness (QED) is 0.519. The predicted molar refractivity (Wildman–Crippen MR) is 53.8 cm³/mol. The average Bonchev–Trinajstić information content (AvgIpc) is 2.03. The van der Waals surface area contributed by atoms with Gasteiger partial charge in [0.15, 0.2) is 0 Å². The topological polar surface area (TPSA) is 55.4 Å². The summed E-state index contributed by atoms with van der Waals surface area (Å²) in [5.74, 6) is -0.724. The highest BCUT2D eigenvalue weighted by Crippen LogP contribution is 1.96. The van der Waals surface area contributed by atoms with Crippen LogP contribution in [0.2, 0.25) is 0 Å². The molecule has 0 saturated heterocycles. The van der Waals surface area contributed by atoms with Crippen molar-refractivity contribution in [3.05, 3.63) is 0 Å². The van der Waals surface area contributed by atoms with Crippen molar-refractivity contribution in [1.29, 1.82) is 0 Å². The van der Waals surface area contributed by atoms with E-state index in [9.17, 15) is 9.59 Å². The summed E-state index contributed by atoms with van der Waals surface area (Å²) in [7, 11) is 0. The third-order valence-electron chi connectivity index (χ3n) is 1.74. The fourth-order valence-corrected chi connectivity index (χ4v) is 1.17. The summed E-state index contributed by atoms with van der Waals surface area (Å²) < 4.78 is 4.65. The van der Waals surface area contributed by atoms with Gasteiger partial charge in [0, 0.05) is 6.04 Å². The van der Waals surface area contributed by atoms with E-state index in [0.717, 1.165) is 12.8 Å². The van der Waals surface area contributed by atoms with Gasteiger partial charge < -0.3 is 10.1 Å². The SMILES string of the molecule is CCCC(C)NC(=O)CC(=O)OCC. The molecular formula is C10H19NO3. The van der Waals surface area contributed by atoms with Gasteiger partial charge in [-0.1, -0.05) is 13.3 Å². The molecule has 14 heavy (non-hydrogen) atoms. The molecule has 0 bridgehead atoms. The third kappa shape index (κ3) is 6.46. The second-order valence-electron chi connectivity index (χ2n) is 3.24. The van der Waals surface area contributed by atoms with Crippen LogP contribution in [0.4, 0.5) is 0 Å². The number of nitrogens with one attached hydrogen (secondary N) is 1. The van der Waals surface area contributed by atoms with Crippen LogP contribution >= 0.6 is 0 Å². The summed E-state index contributed by atoms with van der Waals surface area (Å²) in [6.07, 6.45) is 1.76. The Morgan fingerprint density at radius 1 is 1.36 bits per heavy atom. The number of esters is 1. The van der Waals surface area contributed by atoms with Gasteiger partial charge in [-0.15, -0.1) is 0 Å². The zero-order valence-electron chi connectivity index (χ0n) is 9.13. The van der Waals surface area contributed by atoms with Crippen molar-refractivity contribution in [2.24, 2.45) is 0 Å². The number of amides is 1. The molecule has 0 saturated carbocycles. The lowest BCUT2D eigenvalue weighted by atomic mass is 10.2. The molecule has 82 valence electrons. The summed E-state index contributed by atoms with van der Waals surface area (Å²) in [5.41, 5.74) is 0. The molecule has 1 atom stereocenters. The molecule has 0 aliphatic rings. The third-order valence-corrected chi connectivity index (χ3v) is 1.74. The maximum Gasteiger partial charge on any atom is 0.315 e. The summed E-state index contributed by atoms with van der Waals surface area (Å²) in [5, 5.41) is 2.73. The van der Waals surface area contributed by atoms with E-state index in [1.54, 1.807) is 6.92 Å². The highest BCUT2D eigenvalue weighted by Gasteiger charge is 2.11. The second-order valence-corrected chi connectivity index (χ2v) is 3.24. The molecule has 0 heterocycles. The molecule has 1 N–H and O–H groups in total. The van der Waals surface area contributed by atoms with Crippen LogP contribution in [0.1, 0.15) is 40.0 Å². The Kier molecular flexibility index (Phi) is 6.80. The van der Waals surface area contributed by atoms with E-state index in [4.69, 9.17) is 0 Å². The molecular weight excluding hydrogens is 182 g/mol. The molecule has 4 heteroatoms. The summed E-state index contributed by atoms with van der Waals surface area (Å²) in [6, 6.07) is 0.127. The lowest BCUT2D eigenvalue weighted by molar-refractivity contribution is -0.146. The standard InChI is InChI=1S/C10H19NO3/c1-4-6-8(3)11-9(12)7-10(13)14-5-2/h8H,4-7H2,1-3H3,(H,11,12). The Balaban J connectivity index is 3.69. The van der Waals surface area contributed by atoms with Gasteiger partial charge in [0.25, 0.3) is 0 Å². The van der Waals surface area contributed by atoms with Crippen LogP contribution in [0.3, 0.4) is 0 Å². The summed E-state index contributed by atoms with van der Waals surface area (Å²) >= 11 is 0. The highest BCUT2D eigenvalue weighted by atomic mass is 16.5. The number of rotatable bonds is 6. The van der Waals surface area contributed by atoms with E-state index in [-0.39, 0.29) is 18.4 Å². The minimum atomic E-state index is -0.464. The van der Waals surface area contributed by atoms with Gasteiger partial charge in [-0.05, 0) is 20.3 Å². The van der Waals surface area contributed by atoms with E-state index in [2.05, 4.69) is 10.1 Å². The Morgan fingerprint density at radius 3 is 2.50 bits per heavy atom. The Morgan fingerprint density at radius 2 is 2.00 bits per heavy atom. The van der Waals surface area contributed by atoms with Crippen LogP contribution in [-0.2, 0) is 14.3 Å². The molecule has 0 aromatic carbocycles. The van der Waals surface area contributed by atoms with E-state index >= 15 is 0 Å². The second kappa shape index (κ2) is 7.35. The number of carbonyl (C=O) groups excluding carboxylic acids is 2. The van der Waals surface area contributed by atoms with Gasteiger partial charge in [-0.2, -0.15) is 0 Å². The van der Waals surface area contributed by atoms with Gasteiger partial charge in [0.1, 0.15) is 6.42 Å². The first-order valence-electron chi connectivity index (χ1n) is 5.05. The first kappa shape index (κ1) is 12.9. The Bertz CT molecular complexity index is 192. The van der Waals surface area contributed by atoms with Crippen LogP contribution < -0.4 is 5.32 Å². The number of ether oxygens (including phenoxy) is 1. The molecule has 0 aromatic heterocycles. The van der Waals surface area contributed by atoms with Crippen LogP contribution in [0, 0.1) is 0 Å². The van der Waals surface area contributed by atoms with E-state index < -0.39 is 5.97 Å². The molecule has 0 radical (unpaired) electrons. The Hall–Kier alpha value is -1.06. The number of carbonyl (C=O) groups is 2. The van der Waals surface area contributed by atoms with Crippen LogP contribution in [0.15, 0.2) is 0 Å². The first-order chi connectivity index (χ1) is 6.60. The van der Waals surface area contributed by atoms with Crippen LogP contribution in [0.25, 0.3) is 0 Å². The fourth-order valence-electron chi connectivity index (χ4n) is 1.17. The van der Waals surface area contributed by atoms with Gasteiger partial charge in [0.2, 0.25) is 5.91 Å². The van der Waals surface area contributed by atoms with Crippen molar-refractivity contribution in [2.75, 3.05) is 6.61 Å². The lowest BCUT2D eigenvalue weighted by Gasteiger charge is -2.11. The van der Waals surface area contributed by atoms with Crippen LogP contribution in [-0.4, -0.2) is 24.5 Å². The molecule has 0 aliphatic heterocycles. The van der Waals surface area contributed by atoms with Crippen molar-refractivity contribution in [2.45, 2.75) is 46.1 Å². The average molecular weight is 201 g/mol. The summed E-state index contributed by atoms with van der Waals surface area (Å²) in [4.78, 5) is 22.1. The molecule has 1 amide bonds. The largest absolute Gasteiger partial charge is 0.466 e. The first-order valence-corrected chi connectivity index (χ1v) is 5.05. The smallest absolute Gasteiger partial charge is 0.315 e. The highest BCUT2D eigenvalue weighted by molar-refractivity contribution is 5.94. The van der Waals surface area contributed by atoms with E-state index in [1.807, 2.05) is 13.8 Å². The molecule has 1 unspecified atom stereocenters. The number of hydrogen-bond donors (Lipinski definition) is 1. The molecule has 0 spiro atoms. The Labute approximate surface area is 85.0 Å². The monoisotopic (exact) mass is 201 g/mol. The lowest BCUT2D eigenvalue weighted by Crippen LogP contribution is -2.34. The zero-order valence-corrected chi connectivity index (χ0v) is 9.13. The molecule has 0 fully saturated rings. The van der Waals surface area contributed by atoms with E-state index in [1.165, 1.54) is 0 Å². The maximum atomic E-state index is 11.2. The van der Waals surface area contributed by atoms with Crippen molar-refractivity contribution in [3.8, 4) is 0 Å². The van der Waals surface area contributed by atoms with Gasteiger partial charge in [-0.25, -0.2) is 0 Å². The molecule has 0 rings (SSSR count). The van der Waals surface area contributed by atoms with E-state index in [0.29, 0.717) is 6.61 Å². The van der Waals surface area contributed by atoms with Gasteiger partial charge in [-0.3, -0.25) is 9.59 Å². The predicted octanol–water partition coefficient (Wildman–Crippen LogP) is 1.24. The zero-order chi connectivity index (χ0) is 11.0. The fraction of sp³-hybridized carbons (Fsp3) is 0.800. The normalized spacial score (nSPS) is 11.9. The summed E-state index contributed by atoms with van der Waals surface area (Å²) in [6.45, 7) is 6.01. The maximum absolute atomic E-state index is 11.2.